The average molecular weight is 494 g/mol. The second kappa shape index (κ2) is 12.3. The fraction of sp³-hybridized carbons (Fsp3) is 0.267. The van der Waals surface area contributed by atoms with E-state index in [2.05, 4.69) is 77.7 Å². The number of anilines is 1. The molecule has 0 amide bonds. The molecule has 178 valence electrons. The number of unbranched alkanes of at least 4 members (excludes halogenated alkanes) is 1. The molecule has 0 saturated carbocycles. The Bertz CT molecular complexity index is 1090. The highest BCUT2D eigenvalue weighted by Gasteiger charge is 2.22. The van der Waals surface area contributed by atoms with Crippen molar-refractivity contribution < 1.29 is 0 Å². The van der Waals surface area contributed by atoms with Gasteiger partial charge in [-0.05, 0) is 84.2 Å². The molecular formula is C30H34Cl2N2. The maximum Gasteiger partial charge on any atom is 0.0314 e. The van der Waals surface area contributed by atoms with Gasteiger partial charge in [0, 0.05) is 18.8 Å². The topological polar surface area (TPSA) is 29.3 Å². The van der Waals surface area contributed by atoms with Crippen LogP contribution in [0.3, 0.4) is 0 Å². The number of benzene rings is 3. The first-order chi connectivity index (χ1) is 15.8. The zero-order valence-electron chi connectivity index (χ0n) is 19.6. The first-order valence-electron chi connectivity index (χ1n) is 11.9. The van der Waals surface area contributed by atoms with Gasteiger partial charge in [-0.1, -0.05) is 78.4 Å². The van der Waals surface area contributed by atoms with E-state index in [0.717, 1.165) is 24.9 Å². The highest BCUT2D eigenvalue weighted by molar-refractivity contribution is 5.94. The molecule has 5 rings (SSSR count). The molecule has 0 aromatic heterocycles. The van der Waals surface area contributed by atoms with Gasteiger partial charge in [-0.2, -0.15) is 0 Å². The number of piperidine rings is 1. The molecule has 2 aliphatic rings. The maximum absolute atomic E-state index is 5.79. The first-order valence-corrected chi connectivity index (χ1v) is 11.9. The number of fused-ring (bicyclic) bond motifs is 2. The number of halogens is 2. The van der Waals surface area contributed by atoms with Crippen molar-refractivity contribution in [3.63, 3.8) is 0 Å². The van der Waals surface area contributed by atoms with Gasteiger partial charge in [0.2, 0.25) is 0 Å². The Kier molecular flexibility index (Phi) is 9.41. The van der Waals surface area contributed by atoms with Crippen molar-refractivity contribution in [2.75, 3.05) is 25.4 Å². The number of rotatable bonds is 5. The van der Waals surface area contributed by atoms with Gasteiger partial charge in [0.15, 0.2) is 0 Å². The van der Waals surface area contributed by atoms with Gasteiger partial charge >= 0.3 is 0 Å². The molecule has 1 fully saturated rings. The molecular weight excluding hydrogens is 459 g/mol. The zero-order chi connectivity index (χ0) is 21.8. The van der Waals surface area contributed by atoms with E-state index in [4.69, 9.17) is 5.73 Å². The molecule has 3 aromatic carbocycles. The van der Waals surface area contributed by atoms with Gasteiger partial charge in [0.25, 0.3) is 0 Å². The van der Waals surface area contributed by atoms with Gasteiger partial charge in [-0.25, -0.2) is 0 Å². The quantitative estimate of drug-likeness (QED) is 0.230. The summed E-state index contributed by atoms with van der Waals surface area (Å²) in [6, 6.07) is 26.1. The van der Waals surface area contributed by atoms with E-state index in [1.165, 1.54) is 65.9 Å². The molecule has 1 saturated heterocycles. The summed E-state index contributed by atoms with van der Waals surface area (Å²) >= 11 is 0. The van der Waals surface area contributed by atoms with Crippen LogP contribution in [0.15, 0.2) is 78.4 Å². The number of hydrogen-bond donors (Lipinski definition) is 1. The lowest BCUT2D eigenvalue weighted by Gasteiger charge is -2.30. The van der Waals surface area contributed by atoms with Crippen molar-refractivity contribution in [3.8, 4) is 0 Å². The number of aryl methyl sites for hydroxylation is 1. The van der Waals surface area contributed by atoms with Crippen LogP contribution in [0.25, 0.3) is 17.7 Å². The van der Waals surface area contributed by atoms with Crippen molar-refractivity contribution >= 4 is 48.2 Å². The molecule has 1 aliphatic heterocycles. The van der Waals surface area contributed by atoms with E-state index in [-0.39, 0.29) is 24.8 Å². The Morgan fingerprint density at radius 2 is 1.24 bits per heavy atom. The Balaban J connectivity index is 0.00000162. The number of nitrogen functional groups attached to an aromatic ring is 1. The largest absolute Gasteiger partial charge is 0.399 e. The molecule has 4 heteroatoms. The second-order valence-electron chi connectivity index (χ2n) is 9.03. The summed E-state index contributed by atoms with van der Waals surface area (Å²) in [6.45, 7) is 3.53. The standard InChI is InChI=1S/C30H32N2.2ClH/c31-27-16-12-23(13-17-27)7-5-6-20-32-21-18-26(19-22-32)30-28-10-3-1-8-24(28)14-15-25-9-2-4-11-29(25)30;;/h1-4,8-17H,5-7,18-22,31H2;2*1H. The van der Waals surface area contributed by atoms with Gasteiger partial charge in [-0.15, -0.1) is 24.8 Å². The lowest BCUT2D eigenvalue weighted by atomic mass is 9.86. The molecule has 0 spiro atoms. The zero-order valence-corrected chi connectivity index (χ0v) is 21.2. The van der Waals surface area contributed by atoms with E-state index in [1.54, 1.807) is 5.57 Å². The summed E-state index contributed by atoms with van der Waals surface area (Å²) in [7, 11) is 0. The van der Waals surface area contributed by atoms with Gasteiger partial charge in [0.1, 0.15) is 0 Å². The Morgan fingerprint density at radius 3 is 1.82 bits per heavy atom. The minimum atomic E-state index is 0. The third kappa shape index (κ3) is 5.93. The van der Waals surface area contributed by atoms with Crippen molar-refractivity contribution in [2.24, 2.45) is 0 Å². The van der Waals surface area contributed by atoms with Crippen LogP contribution in [0, 0.1) is 0 Å². The van der Waals surface area contributed by atoms with Gasteiger partial charge in [-0.3, -0.25) is 0 Å². The van der Waals surface area contributed by atoms with Crippen molar-refractivity contribution in [3.05, 3.63) is 106 Å². The summed E-state index contributed by atoms with van der Waals surface area (Å²) in [6.07, 6.45) is 10.5. The monoisotopic (exact) mass is 492 g/mol. The van der Waals surface area contributed by atoms with Gasteiger partial charge < -0.3 is 10.6 Å². The third-order valence-electron chi connectivity index (χ3n) is 6.89. The highest BCUT2D eigenvalue weighted by Crippen LogP contribution is 2.38. The maximum atomic E-state index is 5.79. The van der Waals surface area contributed by atoms with E-state index in [9.17, 15) is 0 Å². The Hall–Kier alpha value is -2.52. The predicted molar refractivity (Wildman–Crippen MR) is 152 cm³/mol. The van der Waals surface area contributed by atoms with E-state index < -0.39 is 0 Å². The first kappa shape index (κ1) is 26.1. The smallest absolute Gasteiger partial charge is 0.0314 e. The van der Waals surface area contributed by atoms with Crippen LogP contribution in [0.5, 0.6) is 0 Å². The van der Waals surface area contributed by atoms with Crippen LogP contribution >= 0.6 is 24.8 Å². The molecule has 0 bridgehead atoms. The van der Waals surface area contributed by atoms with Crippen molar-refractivity contribution in [2.45, 2.75) is 32.1 Å². The fourth-order valence-corrected chi connectivity index (χ4v) is 5.09. The van der Waals surface area contributed by atoms with Crippen LogP contribution < -0.4 is 5.73 Å². The molecule has 3 aromatic rings. The molecule has 2 nitrogen and oxygen atoms in total. The summed E-state index contributed by atoms with van der Waals surface area (Å²) in [5.74, 6) is 0. The third-order valence-corrected chi connectivity index (χ3v) is 6.89. The fourth-order valence-electron chi connectivity index (χ4n) is 5.09. The molecule has 1 heterocycles. The van der Waals surface area contributed by atoms with Crippen LogP contribution in [0.2, 0.25) is 0 Å². The van der Waals surface area contributed by atoms with Crippen molar-refractivity contribution in [1.82, 2.24) is 4.90 Å². The highest BCUT2D eigenvalue weighted by atomic mass is 35.5. The van der Waals surface area contributed by atoms with E-state index in [0.29, 0.717) is 0 Å². The lowest BCUT2D eigenvalue weighted by molar-refractivity contribution is 0.252. The summed E-state index contributed by atoms with van der Waals surface area (Å²) < 4.78 is 0. The Labute approximate surface area is 216 Å². The predicted octanol–water partition coefficient (Wildman–Crippen LogP) is 7.52. The van der Waals surface area contributed by atoms with Crippen molar-refractivity contribution in [1.29, 1.82) is 0 Å². The second-order valence-corrected chi connectivity index (χ2v) is 9.03. The number of nitrogens with two attached hydrogens (primary N) is 1. The lowest BCUT2D eigenvalue weighted by Crippen LogP contribution is -2.32. The molecule has 1 aliphatic carbocycles. The molecule has 0 unspecified atom stereocenters. The minimum absolute atomic E-state index is 0. The van der Waals surface area contributed by atoms with Gasteiger partial charge in [0.05, 0.1) is 0 Å². The summed E-state index contributed by atoms with van der Waals surface area (Å²) in [5.41, 5.74) is 16.6. The average Bonchev–Trinajstić information content (AvgIpc) is 3.00. The number of likely N-dealkylation sites (tertiary alicyclic amines) is 1. The normalized spacial score (nSPS) is 14.9. The minimum Gasteiger partial charge on any atom is -0.399 e. The number of nitrogens with zero attached hydrogens (tertiary/aromatic N) is 1. The van der Waals surface area contributed by atoms with Crippen LogP contribution in [-0.2, 0) is 6.42 Å². The summed E-state index contributed by atoms with van der Waals surface area (Å²) in [4.78, 5) is 2.65. The molecule has 2 N–H and O–H groups in total. The number of hydrogen-bond acceptors (Lipinski definition) is 2. The SMILES string of the molecule is Cl.Cl.Nc1ccc(CCCCN2CCC(=C3c4ccccc4C=Cc4ccccc43)CC2)cc1. The summed E-state index contributed by atoms with van der Waals surface area (Å²) in [5, 5.41) is 0. The Morgan fingerprint density at radius 1 is 0.676 bits per heavy atom. The molecule has 0 atom stereocenters. The van der Waals surface area contributed by atoms with Crippen LogP contribution in [-0.4, -0.2) is 24.5 Å². The molecule has 34 heavy (non-hydrogen) atoms. The van der Waals surface area contributed by atoms with E-state index >= 15 is 0 Å². The molecule has 0 radical (unpaired) electrons. The van der Waals surface area contributed by atoms with Crippen LogP contribution in [0.1, 0.15) is 53.5 Å². The van der Waals surface area contributed by atoms with E-state index in [1.807, 2.05) is 12.1 Å². The van der Waals surface area contributed by atoms with Crippen LogP contribution in [0.4, 0.5) is 5.69 Å².